The van der Waals surface area contributed by atoms with Crippen LogP contribution in [0.5, 0.6) is 28.7 Å². The molecule has 0 aromatic heterocycles. The van der Waals surface area contributed by atoms with Gasteiger partial charge >= 0.3 is 0 Å². The zero-order chi connectivity index (χ0) is 22.6. The second kappa shape index (κ2) is 12.4. The normalized spacial score (nSPS) is 10.6. The van der Waals surface area contributed by atoms with Gasteiger partial charge in [-0.1, -0.05) is 13.0 Å². The van der Waals surface area contributed by atoms with Gasteiger partial charge in [-0.05, 0) is 43.2 Å². The van der Waals surface area contributed by atoms with Crippen LogP contribution in [-0.2, 0) is 11.3 Å². The van der Waals surface area contributed by atoms with E-state index in [1.807, 2.05) is 32.0 Å². The number of rotatable bonds is 12. The predicted octanol–water partition coefficient (Wildman–Crippen LogP) is 4.23. The monoisotopic (exact) mass is 429 g/mol. The Kier molecular flexibility index (Phi) is 9.55. The summed E-state index contributed by atoms with van der Waals surface area (Å²) in [6, 6.07) is 9.11. The number of hydrogen-bond donors (Lipinski definition) is 1. The van der Waals surface area contributed by atoms with E-state index in [0.717, 1.165) is 17.5 Å². The number of hydrogen-bond acceptors (Lipinski definition) is 6. The van der Waals surface area contributed by atoms with Crippen molar-refractivity contribution in [3.05, 3.63) is 47.5 Å². The molecule has 0 saturated carbocycles. The molecular weight excluding hydrogens is 398 g/mol. The Morgan fingerprint density at radius 1 is 0.871 bits per heavy atom. The van der Waals surface area contributed by atoms with Crippen molar-refractivity contribution in [2.24, 2.45) is 0 Å². The van der Waals surface area contributed by atoms with Gasteiger partial charge in [0.25, 0.3) is 0 Å². The number of carbonyl (C=O) groups is 1. The lowest BCUT2D eigenvalue weighted by molar-refractivity contribution is -0.116. The van der Waals surface area contributed by atoms with Gasteiger partial charge in [0.2, 0.25) is 5.91 Å². The first-order chi connectivity index (χ1) is 15.1. The maximum Gasteiger partial charge on any atom is 0.244 e. The average Bonchev–Trinajstić information content (AvgIpc) is 2.80. The Morgan fingerprint density at radius 3 is 2.23 bits per heavy atom. The summed E-state index contributed by atoms with van der Waals surface area (Å²) < 4.78 is 27.4. The standard InChI is InChI=1S/C24H31NO6/c1-6-12-31-19-10-8-17(13-23(19)30-7-2)9-11-24(26)25-16-18-14-21(28-4)22(29-5)15-20(18)27-3/h8-11,13-15H,6-7,12,16H2,1-5H3,(H,25,26). The Bertz CT molecular complexity index is 894. The number of nitrogens with one attached hydrogen (secondary N) is 1. The topological polar surface area (TPSA) is 75.3 Å². The zero-order valence-electron chi connectivity index (χ0n) is 18.8. The van der Waals surface area contributed by atoms with Crippen molar-refractivity contribution in [1.29, 1.82) is 0 Å². The zero-order valence-corrected chi connectivity index (χ0v) is 18.8. The van der Waals surface area contributed by atoms with Gasteiger partial charge in [0.15, 0.2) is 23.0 Å². The third-order valence-electron chi connectivity index (χ3n) is 4.40. The number of amides is 1. The summed E-state index contributed by atoms with van der Waals surface area (Å²) >= 11 is 0. The minimum absolute atomic E-state index is 0.235. The lowest BCUT2D eigenvalue weighted by Crippen LogP contribution is -2.20. The van der Waals surface area contributed by atoms with Gasteiger partial charge in [-0.15, -0.1) is 0 Å². The summed E-state index contributed by atoms with van der Waals surface area (Å²) in [4.78, 5) is 12.3. The van der Waals surface area contributed by atoms with Gasteiger partial charge in [0, 0.05) is 24.3 Å². The molecule has 0 aliphatic carbocycles. The summed E-state index contributed by atoms with van der Waals surface area (Å²) in [6.45, 7) is 5.40. The highest BCUT2D eigenvalue weighted by Crippen LogP contribution is 2.34. The van der Waals surface area contributed by atoms with E-state index in [1.54, 1.807) is 39.5 Å². The van der Waals surface area contributed by atoms with Crippen molar-refractivity contribution < 1.29 is 28.5 Å². The van der Waals surface area contributed by atoms with Crippen LogP contribution < -0.4 is 29.0 Å². The van der Waals surface area contributed by atoms with Crippen molar-refractivity contribution in [1.82, 2.24) is 5.32 Å². The molecule has 7 heteroatoms. The molecule has 1 amide bonds. The van der Waals surface area contributed by atoms with Gasteiger partial charge < -0.3 is 29.0 Å². The first kappa shape index (κ1) is 23.9. The van der Waals surface area contributed by atoms with Crippen LogP contribution in [0.25, 0.3) is 6.08 Å². The molecule has 0 atom stereocenters. The number of benzene rings is 2. The fourth-order valence-electron chi connectivity index (χ4n) is 2.87. The van der Waals surface area contributed by atoms with E-state index in [1.165, 1.54) is 6.08 Å². The minimum Gasteiger partial charge on any atom is -0.496 e. The SMILES string of the molecule is CCCOc1ccc(C=CC(=O)NCc2cc(OC)c(OC)cc2OC)cc1OCC. The summed E-state index contributed by atoms with van der Waals surface area (Å²) in [6.07, 6.45) is 4.12. The lowest BCUT2D eigenvalue weighted by atomic mass is 10.1. The minimum atomic E-state index is -0.235. The molecule has 0 unspecified atom stereocenters. The van der Waals surface area contributed by atoms with Gasteiger partial charge in [0.1, 0.15) is 5.75 Å². The van der Waals surface area contributed by atoms with Crippen molar-refractivity contribution in [3.8, 4) is 28.7 Å². The molecule has 0 fully saturated rings. The molecule has 2 aromatic rings. The maximum absolute atomic E-state index is 12.3. The van der Waals surface area contributed by atoms with Gasteiger partial charge in [-0.25, -0.2) is 0 Å². The van der Waals surface area contributed by atoms with Crippen LogP contribution in [0.2, 0.25) is 0 Å². The third kappa shape index (κ3) is 6.84. The smallest absolute Gasteiger partial charge is 0.244 e. The van der Waals surface area contributed by atoms with Crippen molar-refractivity contribution >= 4 is 12.0 Å². The highest BCUT2D eigenvalue weighted by atomic mass is 16.5. The van der Waals surface area contributed by atoms with Crippen molar-refractivity contribution in [3.63, 3.8) is 0 Å². The van der Waals surface area contributed by atoms with E-state index in [-0.39, 0.29) is 12.5 Å². The van der Waals surface area contributed by atoms with Crippen LogP contribution in [0.15, 0.2) is 36.4 Å². The molecule has 0 heterocycles. The first-order valence-electron chi connectivity index (χ1n) is 10.2. The largest absolute Gasteiger partial charge is 0.496 e. The van der Waals surface area contributed by atoms with Crippen LogP contribution in [0.4, 0.5) is 0 Å². The van der Waals surface area contributed by atoms with E-state index >= 15 is 0 Å². The summed E-state index contributed by atoms with van der Waals surface area (Å²) in [5, 5.41) is 2.85. The van der Waals surface area contributed by atoms with Gasteiger partial charge in [-0.3, -0.25) is 4.79 Å². The Hall–Kier alpha value is -3.35. The second-order valence-corrected chi connectivity index (χ2v) is 6.56. The molecule has 31 heavy (non-hydrogen) atoms. The quantitative estimate of drug-likeness (QED) is 0.509. The van der Waals surface area contributed by atoms with E-state index in [4.69, 9.17) is 23.7 Å². The average molecular weight is 430 g/mol. The summed E-state index contributed by atoms with van der Waals surface area (Å²) in [7, 11) is 4.68. The molecule has 0 bridgehead atoms. The highest BCUT2D eigenvalue weighted by molar-refractivity contribution is 5.91. The molecule has 0 saturated heterocycles. The lowest BCUT2D eigenvalue weighted by Gasteiger charge is -2.14. The van der Waals surface area contributed by atoms with Crippen molar-refractivity contribution in [2.45, 2.75) is 26.8 Å². The number of carbonyl (C=O) groups excluding carboxylic acids is 1. The second-order valence-electron chi connectivity index (χ2n) is 6.56. The molecule has 7 nitrogen and oxygen atoms in total. The fraction of sp³-hybridized carbons (Fsp3) is 0.375. The van der Waals surface area contributed by atoms with Crippen LogP contribution in [0.1, 0.15) is 31.4 Å². The molecule has 168 valence electrons. The van der Waals surface area contributed by atoms with Crippen LogP contribution >= 0.6 is 0 Å². The van der Waals surface area contributed by atoms with E-state index in [2.05, 4.69) is 5.32 Å². The van der Waals surface area contributed by atoms with E-state index in [0.29, 0.717) is 42.0 Å². The predicted molar refractivity (Wildman–Crippen MR) is 120 cm³/mol. The van der Waals surface area contributed by atoms with E-state index < -0.39 is 0 Å². The van der Waals surface area contributed by atoms with Crippen molar-refractivity contribution in [2.75, 3.05) is 34.5 Å². The molecule has 2 rings (SSSR count). The van der Waals surface area contributed by atoms with Crippen LogP contribution in [0, 0.1) is 0 Å². The van der Waals surface area contributed by atoms with Crippen LogP contribution in [0.3, 0.4) is 0 Å². The van der Waals surface area contributed by atoms with Gasteiger partial charge in [0.05, 0.1) is 34.5 Å². The number of methoxy groups -OCH3 is 3. The maximum atomic E-state index is 12.3. The summed E-state index contributed by atoms with van der Waals surface area (Å²) in [5.74, 6) is 2.86. The first-order valence-corrected chi connectivity index (χ1v) is 10.2. The Balaban J connectivity index is 2.06. The molecule has 0 radical (unpaired) electrons. The molecular formula is C24H31NO6. The fourth-order valence-corrected chi connectivity index (χ4v) is 2.87. The number of ether oxygens (including phenoxy) is 5. The molecule has 0 aliphatic heterocycles. The molecule has 0 spiro atoms. The molecule has 1 N–H and O–H groups in total. The van der Waals surface area contributed by atoms with E-state index in [9.17, 15) is 4.79 Å². The summed E-state index contributed by atoms with van der Waals surface area (Å²) in [5.41, 5.74) is 1.61. The molecule has 0 aliphatic rings. The van der Waals surface area contributed by atoms with Gasteiger partial charge in [-0.2, -0.15) is 0 Å². The Labute approximate surface area is 183 Å². The highest BCUT2D eigenvalue weighted by Gasteiger charge is 2.12. The molecule has 2 aromatic carbocycles. The van der Waals surface area contributed by atoms with Crippen LogP contribution in [-0.4, -0.2) is 40.5 Å². The third-order valence-corrected chi connectivity index (χ3v) is 4.40. The Morgan fingerprint density at radius 2 is 1.58 bits per heavy atom.